The molecule has 1 saturated heterocycles. The summed E-state index contributed by atoms with van der Waals surface area (Å²) in [5.74, 6) is -0.561. The number of hydrogen-bond acceptors (Lipinski definition) is 2. The zero-order chi connectivity index (χ0) is 13.8. The smallest absolute Gasteiger partial charge is 0.254 e. The first-order valence-corrected chi connectivity index (χ1v) is 6.92. The Morgan fingerprint density at radius 1 is 1.55 bits per heavy atom. The fourth-order valence-electron chi connectivity index (χ4n) is 2.38. The van der Waals surface area contributed by atoms with Crippen LogP contribution in [-0.4, -0.2) is 25.0 Å². The van der Waals surface area contributed by atoms with Gasteiger partial charge >= 0.3 is 0 Å². The molecule has 20 heavy (non-hydrogen) atoms. The van der Waals surface area contributed by atoms with E-state index in [1.165, 1.54) is 18.2 Å². The van der Waals surface area contributed by atoms with E-state index in [2.05, 4.69) is 10.6 Å². The molecule has 6 heteroatoms. The van der Waals surface area contributed by atoms with E-state index in [0.29, 0.717) is 10.9 Å². The summed E-state index contributed by atoms with van der Waals surface area (Å²) < 4.78 is 13.6. The van der Waals surface area contributed by atoms with Crippen LogP contribution in [0.5, 0.6) is 0 Å². The van der Waals surface area contributed by atoms with Gasteiger partial charge in [-0.15, -0.1) is 12.4 Å². The Hall–Kier alpha value is -0.840. The molecule has 2 rings (SSSR count). The standard InChI is InChI=1S/C14H18ClFN2O.ClH/c1-9(10-3-2-6-17-8-10)18-14(19)12-7-11(15)4-5-13(12)16;/h4-5,7,9-10,17H,2-3,6,8H2,1H3,(H,18,19);1H. The molecule has 112 valence electrons. The van der Waals surface area contributed by atoms with Gasteiger partial charge in [-0.25, -0.2) is 4.39 Å². The molecule has 2 N–H and O–H groups in total. The number of hydrogen-bond donors (Lipinski definition) is 2. The van der Waals surface area contributed by atoms with Crippen molar-refractivity contribution in [2.24, 2.45) is 5.92 Å². The minimum Gasteiger partial charge on any atom is -0.349 e. The monoisotopic (exact) mass is 320 g/mol. The molecule has 1 heterocycles. The second-order valence-electron chi connectivity index (χ2n) is 4.99. The van der Waals surface area contributed by atoms with E-state index in [0.717, 1.165) is 25.9 Å². The summed E-state index contributed by atoms with van der Waals surface area (Å²) in [5, 5.41) is 6.52. The highest BCUT2D eigenvalue weighted by Crippen LogP contribution is 2.17. The summed E-state index contributed by atoms with van der Waals surface area (Å²) in [6.45, 7) is 3.87. The van der Waals surface area contributed by atoms with E-state index in [1.807, 2.05) is 6.92 Å². The van der Waals surface area contributed by atoms with Crippen molar-refractivity contribution in [1.29, 1.82) is 0 Å². The van der Waals surface area contributed by atoms with Gasteiger partial charge in [0.25, 0.3) is 5.91 Å². The largest absolute Gasteiger partial charge is 0.349 e. The lowest BCUT2D eigenvalue weighted by atomic mass is 9.92. The number of halogens is 3. The van der Waals surface area contributed by atoms with Gasteiger partial charge < -0.3 is 10.6 Å². The molecule has 0 spiro atoms. The molecule has 0 aromatic heterocycles. The third kappa shape index (κ3) is 4.33. The van der Waals surface area contributed by atoms with E-state index in [-0.39, 0.29) is 24.0 Å². The van der Waals surface area contributed by atoms with E-state index >= 15 is 0 Å². The summed E-state index contributed by atoms with van der Waals surface area (Å²) in [5.41, 5.74) is 0.00289. The Morgan fingerprint density at radius 2 is 2.30 bits per heavy atom. The molecule has 0 bridgehead atoms. The lowest BCUT2D eigenvalue weighted by Crippen LogP contribution is -2.44. The van der Waals surface area contributed by atoms with Gasteiger partial charge in [-0.3, -0.25) is 4.79 Å². The van der Waals surface area contributed by atoms with Crippen molar-refractivity contribution in [2.75, 3.05) is 13.1 Å². The first-order chi connectivity index (χ1) is 9.08. The second kappa shape index (κ2) is 7.81. The van der Waals surface area contributed by atoms with Crippen LogP contribution in [0.15, 0.2) is 18.2 Å². The molecule has 3 nitrogen and oxygen atoms in total. The van der Waals surface area contributed by atoms with Crippen LogP contribution in [0.4, 0.5) is 4.39 Å². The molecule has 2 unspecified atom stereocenters. The van der Waals surface area contributed by atoms with Crippen molar-refractivity contribution in [3.05, 3.63) is 34.6 Å². The highest BCUT2D eigenvalue weighted by atomic mass is 35.5. The third-order valence-corrected chi connectivity index (χ3v) is 3.81. The minimum absolute atomic E-state index is 0. The number of piperidine rings is 1. The minimum atomic E-state index is -0.545. The number of amides is 1. The van der Waals surface area contributed by atoms with Crippen LogP contribution in [0.25, 0.3) is 0 Å². The summed E-state index contributed by atoms with van der Waals surface area (Å²) >= 11 is 5.79. The molecule has 1 aromatic rings. The third-order valence-electron chi connectivity index (χ3n) is 3.57. The fourth-order valence-corrected chi connectivity index (χ4v) is 2.55. The maximum atomic E-state index is 13.6. The highest BCUT2D eigenvalue weighted by molar-refractivity contribution is 6.31. The van der Waals surface area contributed by atoms with Crippen molar-refractivity contribution in [3.63, 3.8) is 0 Å². The Kier molecular flexibility index (Phi) is 6.72. The quantitative estimate of drug-likeness (QED) is 0.898. The summed E-state index contributed by atoms with van der Waals surface area (Å²) in [4.78, 5) is 12.0. The van der Waals surface area contributed by atoms with Gasteiger partial charge in [0.2, 0.25) is 0 Å². The number of carbonyl (C=O) groups excluding carboxylic acids is 1. The molecule has 1 aromatic carbocycles. The van der Waals surface area contributed by atoms with E-state index in [4.69, 9.17) is 11.6 Å². The van der Waals surface area contributed by atoms with Crippen molar-refractivity contribution < 1.29 is 9.18 Å². The fraction of sp³-hybridized carbons (Fsp3) is 0.500. The predicted octanol–water partition coefficient (Wildman–Crippen LogP) is 3.02. The summed E-state index contributed by atoms with van der Waals surface area (Å²) in [6, 6.07) is 4.02. The molecular weight excluding hydrogens is 302 g/mol. The molecule has 1 fully saturated rings. The van der Waals surface area contributed by atoms with Crippen LogP contribution < -0.4 is 10.6 Å². The molecule has 1 aliphatic rings. The Balaban J connectivity index is 0.00000200. The topological polar surface area (TPSA) is 41.1 Å². The Morgan fingerprint density at radius 3 is 2.95 bits per heavy atom. The van der Waals surface area contributed by atoms with Gasteiger partial charge in [-0.05, 0) is 57.0 Å². The lowest BCUT2D eigenvalue weighted by Gasteiger charge is -2.29. The van der Waals surface area contributed by atoms with Crippen LogP contribution >= 0.6 is 24.0 Å². The average Bonchev–Trinajstić information content (AvgIpc) is 2.42. The Labute approximate surface area is 129 Å². The predicted molar refractivity (Wildman–Crippen MR) is 81.2 cm³/mol. The van der Waals surface area contributed by atoms with Crippen molar-refractivity contribution >= 4 is 29.9 Å². The maximum Gasteiger partial charge on any atom is 0.254 e. The van der Waals surface area contributed by atoms with Gasteiger partial charge in [0, 0.05) is 11.1 Å². The van der Waals surface area contributed by atoms with Gasteiger partial charge in [0.1, 0.15) is 5.82 Å². The number of benzene rings is 1. The van der Waals surface area contributed by atoms with Crippen molar-refractivity contribution in [2.45, 2.75) is 25.8 Å². The van der Waals surface area contributed by atoms with Crippen LogP contribution in [0.3, 0.4) is 0 Å². The average molecular weight is 321 g/mol. The van der Waals surface area contributed by atoms with Crippen LogP contribution in [0, 0.1) is 11.7 Å². The summed E-state index contributed by atoms with van der Waals surface area (Å²) in [6.07, 6.45) is 2.18. The van der Waals surface area contributed by atoms with Crippen LogP contribution in [0.1, 0.15) is 30.1 Å². The van der Waals surface area contributed by atoms with E-state index in [1.54, 1.807) is 0 Å². The molecule has 1 amide bonds. The molecular formula is C14H19Cl2FN2O. The van der Waals surface area contributed by atoms with Gasteiger partial charge in [-0.2, -0.15) is 0 Å². The highest BCUT2D eigenvalue weighted by Gasteiger charge is 2.22. The van der Waals surface area contributed by atoms with Crippen molar-refractivity contribution in [3.8, 4) is 0 Å². The maximum absolute atomic E-state index is 13.6. The van der Waals surface area contributed by atoms with Crippen molar-refractivity contribution in [1.82, 2.24) is 10.6 Å². The molecule has 1 aliphatic heterocycles. The molecule has 0 saturated carbocycles. The normalized spacial score (nSPS) is 19.9. The summed E-state index contributed by atoms with van der Waals surface area (Å²) in [7, 11) is 0. The van der Waals surface area contributed by atoms with Gasteiger partial charge in [0.15, 0.2) is 0 Å². The molecule has 0 radical (unpaired) electrons. The van der Waals surface area contributed by atoms with Gasteiger partial charge in [-0.1, -0.05) is 11.6 Å². The first kappa shape index (κ1) is 17.2. The number of carbonyl (C=O) groups is 1. The SMILES string of the molecule is CC(NC(=O)c1cc(Cl)ccc1F)C1CCCNC1.Cl. The molecule has 0 aliphatic carbocycles. The number of nitrogens with one attached hydrogen (secondary N) is 2. The van der Waals surface area contributed by atoms with Crippen LogP contribution in [0.2, 0.25) is 5.02 Å². The first-order valence-electron chi connectivity index (χ1n) is 6.54. The zero-order valence-corrected chi connectivity index (χ0v) is 12.9. The van der Waals surface area contributed by atoms with Gasteiger partial charge in [0.05, 0.1) is 5.56 Å². The van der Waals surface area contributed by atoms with E-state index < -0.39 is 11.7 Å². The Bertz CT molecular complexity index is 464. The van der Waals surface area contributed by atoms with E-state index in [9.17, 15) is 9.18 Å². The van der Waals surface area contributed by atoms with Crippen LogP contribution in [-0.2, 0) is 0 Å². The molecule has 2 atom stereocenters. The second-order valence-corrected chi connectivity index (χ2v) is 5.43. The zero-order valence-electron chi connectivity index (χ0n) is 11.3. The number of rotatable bonds is 3. The lowest BCUT2D eigenvalue weighted by molar-refractivity contribution is 0.0918.